The molecule has 1 amide bonds. The molecule has 1 aromatic carbocycles. The molecule has 0 radical (unpaired) electrons. The van der Waals surface area contributed by atoms with Crippen LogP contribution in [0.3, 0.4) is 0 Å². The van der Waals surface area contributed by atoms with Crippen LogP contribution in [0.5, 0.6) is 5.75 Å². The van der Waals surface area contributed by atoms with Crippen LogP contribution in [0.2, 0.25) is 0 Å². The molecule has 8 heteroatoms. The smallest absolute Gasteiger partial charge is 0.270 e. The summed E-state index contributed by atoms with van der Waals surface area (Å²) in [4.78, 5) is 41.8. The van der Waals surface area contributed by atoms with Gasteiger partial charge in [-0.05, 0) is 57.7 Å². The maximum absolute atomic E-state index is 13.6. The molecular weight excluding hydrogens is 418 g/mol. The van der Waals surface area contributed by atoms with E-state index in [1.807, 2.05) is 29.2 Å². The summed E-state index contributed by atoms with van der Waals surface area (Å²) in [5.41, 5.74) is 2.98. The number of methoxy groups -OCH3 is 1. The van der Waals surface area contributed by atoms with Crippen molar-refractivity contribution in [1.82, 2.24) is 24.8 Å². The second-order valence-corrected chi connectivity index (χ2v) is 9.34. The van der Waals surface area contributed by atoms with Crippen molar-refractivity contribution in [2.75, 3.05) is 20.2 Å². The van der Waals surface area contributed by atoms with Crippen LogP contribution in [0.15, 0.2) is 29.1 Å². The zero-order valence-corrected chi connectivity index (χ0v) is 19.5. The van der Waals surface area contributed by atoms with Crippen LogP contribution in [0.1, 0.15) is 66.7 Å². The summed E-state index contributed by atoms with van der Waals surface area (Å²) in [7, 11) is 1.63. The van der Waals surface area contributed by atoms with Crippen molar-refractivity contribution in [3.05, 3.63) is 57.4 Å². The first-order chi connectivity index (χ1) is 15.9. The third-order valence-corrected chi connectivity index (χ3v) is 6.99. The number of benzene rings is 1. The van der Waals surface area contributed by atoms with Crippen molar-refractivity contribution in [3.63, 3.8) is 0 Å². The number of nitrogens with zero attached hydrogens (tertiary/aromatic N) is 3. The van der Waals surface area contributed by atoms with Crippen molar-refractivity contribution >= 4 is 16.8 Å². The Balaban J connectivity index is 1.47. The van der Waals surface area contributed by atoms with Gasteiger partial charge in [0.15, 0.2) is 0 Å². The Morgan fingerprint density at radius 3 is 2.82 bits per heavy atom. The third-order valence-electron chi connectivity index (χ3n) is 6.99. The minimum absolute atomic E-state index is 0.0610. The van der Waals surface area contributed by atoms with E-state index in [4.69, 9.17) is 9.72 Å². The van der Waals surface area contributed by atoms with Crippen LogP contribution in [-0.2, 0) is 13.0 Å². The molecule has 1 unspecified atom stereocenters. The fourth-order valence-electron chi connectivity index (χ4n) is 5.04. The quantitative estimate of drug-likeness (QED) is 0.637. The molecule has 2 aliphatic rings. The van der Waals surface area contributed by atoms with Crippen molar-refractivity contribution in [2.24, 2.45) is 0 Å². The van der Waals surface area contributed by atoms with Crippen molar-refractivity contribution in [3.8, 4) is 5.75 Å². The molecule has 5 rings (SSSR count). The Hall–Kier alpha value is -3.13. The van der Waals surface area contributed by atoms with Crippen LogP contribution in [0.4, 0.5) is 0 Å². The average molecular weight is 450 g/mol. The number of rotatable bonds is 4. The summed E-state index contributed by atoms with van der Waals surface area (Å²) in [5.74, 6) is 1.28. The molecule has 2 aromatic heterocycles. The van der Waals surface area contributed by atoms with E-state index < -0.39 is 0 Å². The maximum atomic E-state index is 13.6. The Bertz CT molecular complexity index is 1240. The summed E-state index contributed by atoms with van der Waals surface area (Å²) in [6, 6.07) is 7.76. The molecule has 3 aromatic rings. The second kappa shape index (κ2) is 8.67. The van der Waals surface area contributed by atoms with Crippen LogP contribution in [0.25, 0.3) is 10.9 Å². The Kier molecular flexibility index (Phi) is 5.70. The topological polar surface area (TPSA) is 94.3 Å². The number of hydrogen-bond donors (Lipinski definition) is 2. The number of carbonyl (C=O) groups is 1. The molecule has 8 nitrogen and oxygen atoms in total. The van der Waals surface area contributed by atoms with Gasteiger partial charge in [0.2, 0.25) is 0 Å². The van der Waals surface area contributed by atoms with Gasteiger partial charge in [0.05, 0.1) is 18.8 Å². The zero-order chi connectivity index (χ0) is 23.1. The van der Waals surface area contributed by atoms with Gasteiger partial charge in [0.25, 0.3) is 11.5 Å². The summed E-state index contributed by atoms with van der Waals surface area (Å²) >= 11 is 0. The molecule has 2 aliphatic heterocycles. The minimum Gasteiger partial charge on any atom is -0.497 e. The average Bonchev–Trinajstić information content (AvgIpc) is 3.26. The number of carbonyl (C=O) groups excluding carboxylic acids is 1. The van der Waals surface area contributed by atoms with Gasteiger partial charge in [0.1, 0.15) is 17.3 Å². The van der Waals surface area contributed by atoms with E-state index in [9.17, 15) is 9.59 Å². The van der Waals surface area contributed by atoms with Crippen LogP contribution in [0, 0.1) is 0 Å². The Labute approximate surface area is 193 Å². The molecule has 0 saturated carbocycles. The highest BCUT2D eigenvalue weighted by Crippen LogP contribution is 2.31. The van der Waals surface area contributed by atoms with Gasteiger partial charge >= 0.3 is 0 Å². The number of aromatic amines is 2. The number of piperidine rings is 1. The molecule has 174 valence electrons. The summed E-state index contributed by atoms with van der Waals surface area (Å²) in [6.07, 6.45) is 3.43. The van der Waals surface area contributed by atoms with Crippen molar-refractivity contribution in [2.45, 2.75) is 58.2 Å². The zero-order valence-electron chi connectivity index (χ0n) is 19.5. The van der Waals surface area contributed by atoms with E-state index in [0.29, 0.717) is 37.1 Å². The van der Waals surface area contributed by atoms with Crippen LogP contribution < -0.4 is 10.3 Å². The van der Waals surface area contributed by atoms with Gasteiger partial charge in [-0.3, -0.25) is 14.5 Å². The van der Waals surface area contributed by atoms with E-state index in [2.05, 4.69) is 28.7 Å². The van der Waals surface area contributed by atoms with E-state index in [-0.39, 0.29) is 17.5 Å². The normalized spacial score (nSPS) is 19.2. The fraction of sp³-hybridized carbons (Fsp3) is 0.480. The molecule has 33 heavy (non-hydrogen) atoms. The number of hydrogen-bond acceptors (Lipinski definition) is 5. The van der Waals surface area contributed by atoms with Crippen molar-refractivity contribution < 1.29 is 9.53 Å². The first kappa shape index (κ1) is 21.7. The summed E-state index contributed by atoms with van der Waals surface area (Å²) in [5, 5.41) is 0.960. The Morgan fingerprint density at radius 1 is 1.18 bits per heavy atom. The number of H-pyrrole nitrogens is 2. The van der Waals surface area contributed by atoms with Crippen LogP contribution in [-0.4, -0.2) is 56.9 Å². The first-order valence-corrected chi connectivity index (χ1v) is 11.8. The third kappa shape index (κ3) is 4.04. The highest BCUT2D eigenvalue weighted by atomic mass is 16.5. The van der Waals surface area contributed by atoms with E-state index in [0.717, 1.165) is 53.7 Å². The van der Waals surface area contributed by atoms with E-state index >= 15 is 0 Å². The van der Waals surface area contributed by atoms with Gasteiger partial charge in [-0.1, -0.05) is 0 Å². The Morgan fingerprint density at radius 2 is 2.03 bits per heavy atom. The molecule has 1 saturated heterocycles. The standard InChI is InChI=1S/C25H31N5O3/c1-15(2)29-11-9-18-21(14-29)27-23(28-24(18)31)22-6-4-5-10-30(22)25(32)20-12-16-7-8-17(33-3)13-19(16)26-20/h7-8,12-13,15,22,26H,4-6,9-11,14H2,1-3H3,(H,27,28,31). The van der Waals surface area contributed by atoms with Gasteiger partial charge in [-0.2, -0.15) is 0 Å². The molecule has 1 atom stereocenters. The van der Waals surface area contributed by atoms with E-state index in [1.165, 1.54) is 0 Å². The summed E-state index contributed by atoms with van der Waals surface area (Å²) < 4.78 is 5.30. The molecule has 0 bridgehead atoms. The lowest BCUT2D eigenvalue weighted by atomic mass is 9.99. The lowest BCUT2D eigenvalue weighted by Gasteiger charge is -2.36. The number of ether oxygens (including phenoxy) is 1. The number of amides is 1. The maximum Gasteiger partial charge on any atom is 0.270 e. The lowest BCUT2D eigenvalue weighted by Crippen LogP contribution is -2.42. The van der Waals surface area contributed by atoms with Crippen molar-refractivity contribution in [1.29, 1.82) is 0 Å². The predicted molar refractivity (Wildman–Crippen MR) is 127 cm³/mol. The predicted octanol–water partition coefficient (Wildman–Crippen LogP) is 3.39. The number of likely N-dealkylation sites (tertiary alicyclic amines) is 1. The fourth-order valence-corrected chi connectivity index (χ4v) is 5.04. The first-order valence-electron chi connectivity index (χ1n) is 11.8. The minimum atomic E-state index is -0.236. The highest BCUT2D eigenvalue weighted by Gasteiger charge is 2.33. The highest BCUT2D eigenvalue weighted by molar-refractivity contribution is 5.98. The number of nitrogens with one attached hydrogen (secondary N) is 2. The number of aromatic nitrogens is 3. The molecule has 0 aliphatic carbocycles. The van der Waals surface area contributed by atoms with Crippen LogP contribution >= 0.6 is 0 Å². The SMILES string of the molecule is COc1ccc2cc(C(=O)N3CCCCC3c3nc4c(c(=O)[nH]3)CCN(C(C)C)C4)[nH]c2c1. The molecular formula is C25H31N5O3. The van der Waals surface area contributed by atoms with Gasteiger partial charge in [-0.25, -0.2) is 4.98 Å². The monoisotopic (exact) mass is 449 g/mol. The second-order valence-electron chi connectivity index (χ2n) is 9.34. The summed E-state index contributed by atoms with van der Waals surface area (Å²) in [6.45, 7) is 6.51. The molecule has 4 heterocycles. The van der Waals surface area contributed by atoms with Gasteiger partial charge in [0, 0.05) is 48.2 Å². The molecule has 1 fully saturated rings. The number of fused-ring (bicyclic) bond motifs is 2. The van der Waals surface area contributed by atoms with Gasteiger partial charge < -0.3 is 19.6 Å². The van der Waals surface area contributed by atoms with Gasteiger partial charge in [-0.15, -0.1) is 0 Å². The molecule has 2 N–H and O–H groups in total. The largest absolute Gasteiger partial charge is 0.497 e. The lowest BCUT2D eigenvalue weighted by molar-refractivity contribution is 0.0593. The molecule has 0 spiro atoms. The van der Waals surface area contributed by atoms with E-state index in [1.54, 1.807) is 7.11 Å².